The first-order valence-electron chi connectivity index (χ1n) is 11.4. The quantitative estimate of drug-likeness (QED) is 0.809. The van der Waals surface area contributed by atoms with Crippen molar-refractivity contribution in [1.29, 1.82) is 0 Å². The molecule has 7 nitrogen and oxygen atoms in total. The summed E-state index contributed by atoms with van der Waals surface area (Å²) in [4.78, 5) is 24.8. The van der Waals surface area contributed by atoms with E-state index in [9.17, 15) is 9.90 Å². The molecular weight excluding hydrogens is 392 g/mol. The number of nitrogens with zero attached hydrogens (tertiary/aromatic N) is 4. The summed E-state index contributed by atoms with van der Waals surface area (Å²) in [6, 6.07) is 9.70. The number of aliphatic hydroxyl groups excluding tert-OH is 1. The molecule has 0 spiro atoms. The lowest BCUT2D eigenvalue weighted by Crippen LogP contribution is -2.55. The zero-order valence-electron chi connectivity index (χ0n) is 18.4. The van der Waals surface area contributed by atoms with Gasteiger partial charge in [0.05, 0.1) is 24.3 Å². The van der Waals surface area contributed by atoms with E-state index in [1.165, 1.54) is 0 Å². The molecular formula is C24H32N4O3. The number of fused-ring (bicyclic) bond motifs is 2. The van der Waals surface area contributed by atoms with Crippen LogP contribution in [0.2, 0.25) is 0 Å². The van der Waals surface area contributed by atoms with Crippen molar-refractivity contribution in [3.05, 3.63) is 35.9 Å². The van der Waals surface area contributed by atoms with Crippen molar-refractivity contribution < 1.29 is 14.6 Å². The zero-order valence-corrected chi connectivity index (χ0v) is 18.4. The van der Waals surface area contributed by atoms with Crippen molar-refractivity contribution in [3.8, 4) is 5.88 Å². The highest BCUT2D eigenvalue weighted by molar-refractivity contribution is 6.06. The summed E-state index contributed by atoms with van der Waals surface area (Å²) in [5, 5.41) is 11.8. The molecule has 1 N–H and O–H groups in total. The summed E-state index contributed by atoms with van der Waals surface area (Å²) in [6.45, 7) is 5.62. The van der Waals surface area contributed by atoms with Gasteiger partial charge in [-0.15, -0.1) is 0 Å². The second kappa shape index (κ2) is 8.37. The van der Waals surface area contributed by atoms with Crippen LogP contribution in [0.3, 0.4) is 0 Å². The number of para-hydroxylation sites is 1. The summed E-state index contributed by atoms with van der Waals surface area (Å²) >= 11 is 0. The maximum absolute atomic E-state index is 13.5. The molecule has 1 aliphatic carbocycles. The molecule has 3 fully saturated rings. The Hall–Kier alpha value is -2.22. The molecule has 0 radical (unpaired) electrons. The van der Waals surface area contributed by atoms with Crippen molar-refractivity contribution >= 4 is 16.8 Å². The number of piperazine rings is 1. The van der Waals surface area contributed by atoms with Gasteiger partial charge in [-0.3, -0.25) is 9.69 Å². The molecule has 5 rings (SSSR count). The number of carbonyl (C=O) groups excluding carboxylic acids is 1. The standard InChI is InChI=1S/C24H32N4O3/c1-26-7-9-27(10-8-26)21-11-16-14-28(15-17(16)12-22(21)29)24(30)19-13-23(31-2)25-20-6-4-3-5-18(19)20/h3-6,13,16-17,21-22,29H,7-12,14-15H2,1-2H3/t16-,17+,21-,22-/m1/s1. The lowest BCUT2D eigenvalue weighted by Gasteiger charge is -2.44. The predicted molar refractivity (Wildman–Crippen MR) is 119 cm³/mol. The Morgan fingerprint density at radius 2 is 1.81 bits per heavy atom. The van der Waals surface area contributed by atoms with Gasteiger partial charge in [-0.2, -0.15) is 0 Å². The molecule has 166 valence electrons. The number of amides is 1. The van der Waals surface area contributed by atoms with Crippen LogP contribution in [0.15, 0.2) is 30.3 Å². The van der Waals surface area contributed by atoms with E-state index in [0.29, 0.717) is 23.3 Å². The minimum absolute atomic E-state index is 0.0388. The molecule has 1 saturated carbocycles. The number of pyridine rings is 1. The Kier molecular flexibility index (Phi) is 5.58. The smallest absolute Gasteiger partial charge is 0.254 e. The second-order valence-electron chi connectivity index (χ2n) is 9.40. The van der Waals surface area contributed by atoms with Crippen LogP contribution in [0.4, 0.5) is 0 Å². The van der Waals surface area contributed by atoms with Crippen LogP contribution >= 0.6 is 0 Å². The van der Waals surface area contributed by atoms with E-state index < -0.39 is 0 Å². The number of carbonyl (C=O) groups is 1. The minimum atomic E-state index is -0.304. The maximum atomic E-state index is 13.5. The zero-order chi connectivity index (χ0) is 21.5. The predicted octanol–water partition coefficient (Wildman–Crippen LogP) is 1.70. The molecule has 1 aromatic carbocycles. The molecule has 1 aromatic heterocycles. The van der Waals surface area contributed by atoms with Gasteiger partial charge in [0.15, 0.2) is 0 Å². The number of rotatable bonds is 3. The highest BCUT2D eigenvalue weighted by Gasteiger charge is 2.45. The van der Waals surface area contributed by atoms with Crippen LogP contribution < -0.4 is 4.74 Å². The van der Waals surface area contributed by atoms with E-state index in [1.807, 2.05) is 29.2 Å². The van der Waals surface area contributed by atoms with E-state index >= 15 is 0 Å². The lowest BCUT2D eigenvalue weighted by atomic mass is 9.77. The summed E-state index contributed by atoms with van der Waals surface area (Å²) < 4.78 is 5.35. The van der Waals surface area contributed by atoms with Gasteiger partial charge >= 0.3 is 0 Å². The van der Waals surface area contributed by atoms with E-state index in [4.69, 9.17) is 4.74 Å². The average molecular weight is 425 g/mol. The summed E-state index contributed by atoms with van der Waals surface area (Å²) in [5.41, 5.74) is 1.42. The van der Waals surface area contributed by atoms with Crippen molar-refractivity contribution in [2.75, 3.05) is 53.4 Å². The Bertz CT molecular complexity index is 959. The molecule has 3 heterocycles. The summed E-state index contributed by atoms with van der Waals surface area (Å²) in [5.74, 6) is 1.32. The SMILES string of the molecule is COc1cc(C(=O)N2C[C@H]3C[C@@H](N4CCN(C)CC4)[C@H](O)C[C@H]3C2)c2ccccc2n1. The monoisotopic (exact) mass is 424 g/mol. The Balaban J connectivity index is 1.34. The van der Waals surface area contributed by atoms with Gasteiger partial charge in [0.2, 0.25) is 5.88 Å². The maximum Gasteiger partial charge on any atom is 0.254 e. The third kappa shape index (κ3) is 3.90. The lowest BCUT2D eigenvalue weighted by molar-refractivity contribution is -0.0249. The number of likely N-dealkylation sites (tertiary alicyclic amines) is 1. The molecule has 4 atom stereocenters. The van der Waals surface area contributed by atoms with Crippen LogP contribution in [0.5, 0.6) is 5.88 Å². The Morgan fingerprint density at radius 1 is 1.10 bits per heavy atom. The first-order valence-corrected chi connectivity index (χ1v) is 11.4. The molecule has 0 unspecified atom stereocenters. The number of likely N-dealkylation sites (N-methyl/N-ethyl adjacent to an activating group) is 1. The number of aromatic nitrogens is 1. The second-order valence-corrected chi connectivity index (χ2v) is 9.40. The van der Waals surface area contributed by atoms with Crippen molar-refractivity contribution in [1.82, 2.24) is 19.7 Å². The van der Waals surface area contributed by atoms with E-state index in [2.05, 4.69) is 21.8 Å². The highest BCUT2D eigenvalue weighted by Crippen LogP contribution is 2.39. The average Bonchev–Trinajstić information content (AvgIpc) is 3.20. The van der Waals surface area contributed by atoms with Crippen LogP contribution in [-0.2, 0) is 0 Å². The number of benzene rings is 1. The van der Waals surface area contributed by atoms with E-state index in [1.54, 1.807) is 13.2 Å². The molecule has 31 heavy (non-hydrogen) atoms. The van der Waals surface area contributed by atoms with E-state index in [0.717, 1.165) is 63.0 Å². The minimum Gasteiger partial charge on any atom is -0.481 e. The number of aliphatic hydroxyl groups is 1. The van der Waals surface area contributed by atoms with Crippen LogP contribution in [0.1, 0.15) is 23.2 Å². The van der Waals surface area contributed by atoms with Crippen molar-refractivity contribution in [2.45, 2.75) is 25.0 Å². The molecule has 7 heteroatoms. The topological polar surface area (TPSA) is 69.1 Å². The van der Waals surface area contributed by atoms with Crippen LogP contribution in [0.25, 0.3) is 10.9 Å². The van der Waals surface area contributed by atoms with Crippen LogP contribution in [0, 0.1) is 11.8 Å². The first-order chi connectivity index (χ1) is 15.0. The molecule has 2 aromatic rings. The number of hydrogen-bond acceptors (Lipinski definition) is 6. The molecule has 2 aliphatic heterocycles. The normalized spacial score (nSPS) is 29.8. The third-order valence-corrected chi connectivity index (χ3v) is 7.54. The third-order valence-electron chi connectivity index (χ3n) is 7.54. The van der Waals surface area contributed by atoms with Gasteiger partial charge in [-0.05, 0) is 37.8 Å². The van der Waals surface area contributed by atoms with Crippen LogP contribution in [-0.4, -0.2) is 96.3 Å². The molecule has 2 saturated heterocycles. The number of methoxy groups -OCH3 is 1. The molecule has 1 amide bonds. The number of hydrogen-bond donors (Lipinski definition) is 1. The van der Waals surface area contributed by atoms with Crippen molar-refractivity contribution in [2.24, 2.45) is 11.8 Å². The summed E-state index contributed by atoms with van der Waals surface area (Å²) in [6.07, 6.45) is 1.45. The fourth-order valence-corrected chi connectivity index (χ4v) is 5.72. The number of ether oxygens (including phenoxy) is 1. The van der Waals surface area contributed by atoms with Gasteiger partial charge in [0.1, 0.15) is 0 Å². The van der Waals surface area contributed by atoms with Gasteiger partial charge in [-0.1, -0.05) is 18.2 Å². The van der Waals surface area contributed by atoms with Gasteiger partial charge < -0.3 is 19.6 Å². The fourth-order valence-electron chi connectivity index (χ4n) is 5.72. The first kappa shape index (κ1) is 20.7. The highest BCUT2D eigenvalue weighted by atomic mass is 16.5. The van der Waals surface area contributed by atoms with E-state index in [-0.39, 0.29) is 18.1 Å². The van der Waals surface area contributed by atoms with Gasteiger partial charge in [0, 0.05) is 56.8 Å². The van der Waals surface area contributed by atoms with Gasteiger partial charge in [-0.25, -0.2) is 4.98 Å². The van der Waals surface area contributed by atoms with Gasteiger partial charge in [0.25, 0.3) is 5.91 Å². The summed E-state index contributed by atoms with van der Waals surface area (Å²) in [7, 11) is 3.73. The van der Waals surface area contributed by atoms with Crippen molar-refractivity contribution in [3.63, 3.8) is 0 Å². The molecule has 3 aliphatic rings. The largest absolute Gasteiger partial charge is 0.481 e. The fraction of sp³-hybridized carbons (Fsp3) is 0.583. The Labute approximate surface area is 183 Å². The Morgan fingerprint density at radius 3 is 2.55 bits per heavy atom. The molecule has 0 bridgehead atoms.